The second kappa shape index (κ2) is 8.39. The van der Waals surface area contributed by atoms with Crippen molar-refractivity contribution in [3.63, 3.8) is 0 Å². The summed E-state index contributed by atoms with van der Waals surface area (Å²) < 4.78 is 29.2. The van der Waals surface area contributed by atoms with Gasteiger partial charge in [0.1, 0.15) is 5.75 Å². The maximum absolute atomic E-state index is 12.8. The van der Waals surface area contributed by atoms with Crippen molar-refractivity contribution in [3.05, 3.63) is 77.2 Å². The Balaban J connectivity index is 1.71. The van der Waals surface area contributed by atoms with Crippen LogP contribution < -0.4 is 4.74 Å². The summed E-state index contributed by atoms with van der Waals surface area (Å²) in [6.45, 7) is 1.54. The number of nitrogens with zero attached hydrogens (tertiary/aromatic N) is 1. The van der Waals surface area contributed by atoms with E-state index in [0.29, 0.717) is 11.3 Å². The first-order chi connectivity index (χ1) is 13.3. The van der Waals surface area contributed by atoms with Crippen molar-refractivity contribution < 1.29 is 22.7 Å². The molecule has 1 atom stereocenters. The summed E-state index contributed by atoms with van der Waals surface area (Å²) in [6, 6.07) is 15.4. The van der Waals surface area contributed by atoms with Crippen LogP contribution in [0.2, 0.25) is 0 Å². The summed E-state index contributed by atoms with van der Waals surface area (Å²) in [5, 5.41) is 1.16. The highest BCUT2D eigenvalue weighted by atomic mass is 32.2. The number of Topliss-reactive ketones (excluding diaryl/α,β-unsaturated/α-hetero) is 1. The first-order valence-corrected chi connectivity index (χ1v) is 10.5. The lowest BCUT2D eigenvalue weighted by Gasteiger charge is -2.27. The van der Waals surface area contributed by atoms with Crippen LogP contribution in [0.15, 0.2) is 66.1 Å². The molecule has 0 N–H and O–H groups in total. The summed E-state index contributed by atoms with van der Waals surface area (Å²) >= 11 is 0. The van der Waals surface area contributed by atoms with Crippen LogP contribution in [-0.4, -0.2) is 43.4 Å². The van der Waals surface area contributed by atoms with E-state index in [-0.39, 0.29) is 30.6 Å². The summed E-state index contributed by atoms with van der Waals surface area (Å²) in [7, 11) is -3.29. The molecule has 0 bridgehead atoms. The van der Waals surface area contributed by atoms with Crippen molar-refractivity contribution in [1.29, 1.82) is 0 Å². The predicted molar refractivity (Wildman–Crippen MR) is 106 cm³/mol. The molecule has 0 aromatic heterocycles. The van der Waals surface area contributed by atoms with E-state index in [1.165, 1.54) is 17.9 Å². The first-order valence-electron chi connectivity index (χ1n) is 8.82. The molecule has 6 nitrogen and oxygen atoms in total. The van der Waals surface area contributed by atoms with Crippen LogP contribution in [-0.2, 0) is 21.2 Å². The minimum atomic E-state index is -3.29. The van der Waals surface area contributed by atoms with Gasteiger partial charge in [-0.1, -0.05) is 30.3 Å². The van der Waals surface area contributed by atoms with Crippen LogP contribution in [0.25, 0.3) is 0 Å². The van der Waals surface area contributed by atoms with Gasteiger partial charge in [0.2, 0.25) is 0 Å². The predicted octanol–water partition coefficient (Wildman–Crippen LogP) is 2.61. The van der Waals surface area contributed by atoms with Crippen molar-refractivity contribution in [1.82, 2.24) is 4.90 Å². The molecule has 1 aliphatic heterocycles. The minimum absolute atomic E-state index is 0.0501. The normalized spacial score (nSPS) is 17.2. The Morgan fingerprint density at radius 3 is 2.32 bits per heavy atom. The molecular weight excluding hydrogens is 378 g/mol. The highest BCUT2D eigenvalue weighted by molar-refractivity contribution is 7.94. The zero-order valence-corrected chi connectivity index (χ0v) is 16.3. The van der Waals surface area contributed by atoms with Crippen LogP contribution in [0.4, 0.5) is 0 Å². The van der Waals surface area contributed by atoms with Gasteiger partial charge in [-0.2, -0.15) is 0 Å². The molecular formula is C21H21NO5S. The lowest BCUT2D eigenvalue weighted by molar-refractivity contribution is -0.135. The van der Waals surface area contributed by atoms with E-state index in [1.54, 1.807) is 24.3 Å². The van der Waals surface area contributed by atoms with Gasteiger partial charge in [-0.3, -0.25) is 9.59 Å². The molecule has 2 aromatic carbocycles. The van der Waals surface area contributed by atoms with Gasteiger partial charge in [0, 0.05) is 17.5 Å². The Morgan fingerprint density at radius 1 is 1.07 bits per heavy atom. The summed E-state index contributed by atoms with van der Waals surface area (Å²) in [6.07, 6.45) is 1.54. The minimum Gasteiger partial charge on any atom is -0.484 e. The number of rotatable bonds is 7. The Bertz CT molecular complexity index is 981. The Hall–Kier alpha value is -2.93. The quantitative estimate of drug-likeness (QED) is 0.669. The maximum Gasteiger partial charge on any atom is 0.261 e. The fourth-order valence-electron chi connectivity index (χ4n) is 2.94. The number of hydrogen-bond donors (Lipinski definition) is 0. The largest absolute Gasteiger partial charge is 0.484 e. The molecule has 0 radical (unpaired) electrons. The van der Waals surface area contributed by atoms with Crippen LogP contribution in [0, 0.1) is 0 Å². The van der Waals surface area contributed by atoms with E-state index in [4.69, 9.17) is 4.74 Å². The van der Waals surface area contributed by atoms with E-state index in [2.05, 4.69) is 0 Å². The van der Waals surface area contributed by atoms with E-state index >= 15 is 0 Å². The standard InChI is InChI=1S/C21H21NO5S/c1-16(23)18-7-9-20(10-8-18)27-14-21(24)22(13-17-5-3-2-4-6-17)19-11-12-28(25,26)15-19/h2-12,19H,13-15H2,1H3/t19-/m1/s1. The van der Waals surface area contributed by atoms with Gasteiger partial charge in [-0.15, -0.1) is 0 Å². The van der Waals surface area contributed by atoms with E-state index in [9.17, 15) is 18.0 Å². The molecule has 0 fully saturated rings. The van der Waals surface area contributed by atoms with E-state index < -0.39 is 15.9 Å². The zero-order valence-electron chi connectivity index (χ0n) is 15.4. The second-order valence-corrected chi connectivity index (χ2v) is 8.53. The molecule has 0 saturated heterocycles. The lowest BCUT2D eigenvalue weighted by atomic mass is 10.1. The van der Waals surface area contributed by atoms with Crippen LogP contribution in [0.1, 0.15) is 22.8 Å². The van der Waals surface area contributed by atoms with Gasteiger partial charge < -0.3 is 9.64 Å². The molecule has 1 heterocycles. The monoisotopic (exact) mass is 399 g/mol. The van der Waals surface area contributed by atoms with E-state index in [1.807, 2.05) is 30.3 Å². The van der Waals surface area contributed by atoms with Crippen LogP contribution in [0.5, 0.6) is 5.75 Å². The molecule has 3 rings (SSSR count). The Morgan fingerprint density at radius 2 is 1.75 bits per heavy atom. The molecule has 1 amide bonds. The number of amides is 1. The molecule has 0 saturated carbocycles. The SMILES string of the molecule is CC(=O)c1ccc(OCC(=O)N(Cc2ccccc2)[C@@H]2C=CS(=O)(=O)C2)cc1. The third kappa shape index (κ3) is 5.07. The molecule has 7 heteroatoms. The van der Waals surface area contributed by atoms with Gasteiger partial charge in [0.25, 0.3) is 5.91 Å². The Kier molecular flexibility index (Phi) is 5.94. The van der Waals surface area contributed by atoms with Crippen molar-refractivity contribution in [3.8, 4) is 5.75 Å². The third-order valence-corrected chi connectivity index (χ3v) is 5.83. The third-order valence-electron chi connectivity index (χ3n) is 4.45. The molecule has 0 aliphatic carbocycles. The first kappa shape index (κ1) is 19.8. The highest BCUT2D eigenvalue weighted by Gasteiger charge is 2.30. The number of carbonyl (C=O) groups is 2. The van der Waals surface area contributed by atoms with Gasteiger partial charge in [0.05, 0.1) is 11.8 Å². The Labute approximate surface area is 164 Å². The topological polar surface area (TPSA) is 80.8 Å². The average Bonchev–Trinajstić information content (AvgIpc) is 3.04. The smallest absolute Gasteiger partial charge is 0.261 e. The van der Waals surface area contributed by atoms with Gasteiger partial charge in [-0.25, -0.2) is 8.42 Å². The number of hydrogen-bond acceptors (Lipinski definition) is 5. The van der Waals surface area contributed by atoms with Crippen molar-refractivity contribution in [2.45, 2.75) is 19.5 Å². The van der Waals surface area contributed by atoms with Crippen LogP contribution >= 0.6 is 0 Å². The highest BCUT2D eigenvalue weighted by Crippen LogP contribution is 2.19. The average molecular weight is 399 g/mol. The summed E-state index contributed by atoms with van der Waals surface area (Å²) in [4.78, 5) is 25.7. The van der Waals surface area contributed by atoms with E-state index in [0.717, 1.165) is 11.0 Å². The fourth-order valence-corrected chi connectivity index (χ4v) is 4.24. The molecule has 28 heavy (non-hydrogen) atoms. The summed E-state index contributed by atoms with van der Waals surface area (Å²) in [5.41, 5.74) is 1.46. The second-order valence-electron chi connectivity index (χ2n) is 6.60. The maximum atomic E-state index is 12.8. The fraction of sp³-hybridized carbons (Fsp3) is 0.238. The molecule has 0 spiro atoms. The number of benzene rings is 2. The van der Waals surface area contributed by atoms with Gasteiger partial charge in [-0.05, 0) is 42.8 Å². The summed E-state index contributed by atoms with van der Waals surface area (Å²) in [5.74, 6) is -0.0245. The van der Waals surface area contributed by atoms with Gasteiger partial charge in [0.15, 0.2) is 22.2 Å². The van der Waals surface area contributed by atoms with Crippen LogP contribution in [0.3, 0.4) is 0 Å². The number of ether oxygens (including phenoxy) is 1. The zero-order chi connectivity index (χ0) is 20.1. The van der Waals surface area contributed by atoms with Gasteiger partial charge >= 0.3 is 0 Å². The lowest BCUT2D eigenvalue weighted by Crippen LogP contribution is -2.42. The molecule has 146 valence electrons. The number of sulfone groups is 1. The van der Waals surface area contributed by atoms with Crippen molar-refractivity contribution >= 4 is 21.5 Å². The van der Waals surface area contributed by atoms with Crippen molar-refractivity contribution in [2.75, 3.05) is 12.4 Å². The number of ketones is 1. The molecule has 0 unspecified atom stereocenters. The molecule has 2 aromatic rings. The molecule has 1 aliphatic rings. The number of carbonyl (C=O) groups excluding carboxylic acids is 2. The van der Waals surface area contributed by atoms with Crippen molar-refractivity contribution in [2.24, 2.45) is 0 Å².